The van der Waals surface area contributed by atoms with Gasteiger partial charge in [-0.1, -0.05) is 6.08 Å². The van der Waals surface area contributed by atoms with Crippen LogP contribution in [0.4, 0.5) is 0 Å². The van der Waals surface area contributed by atoms with Crippen LogP contribution in [0.25, 0.3) is 6.08 Å². The van der Waals surface area contributed by atoms with Crippen molar-refractivity contribution < 1.29 is 14.7 Å². The SMILES string of the molecule is O=C(O)C1=CC[C@@H]2C(=Cc3cn4c(n3)CSCC4)C(=O)N12. The summed E-state index contributed by atoms with van der Waals surface area (Å²) in [6, 6.07) is -0.128. The van der Waals surface area contributed by atoms with E-state index in [0.717, 1.165) is 29.6 Å². The third-order valence-corrected chi connectivity index (χ3v) is 4.97. The van der Waals surface area contributed by atoms with E-state index in [9.17, 15) is 9.59 Å². The molecule has 0 aliphatic carbocycles. The second-order valence-electron chi connectivity index (χ2n) is 5.25. The third-order valence-electron chi connectivity index (χ3n) is 4.04. The third kappa shape index (κ3) is 1.84. The van der Waals surface area contributed by atoms with Crippen molar-refractivity contribution in [2.75, 3.05) is 5.75 Å². The highest BCUT2D eigenvalue weighted by molar-refractivity contribution is 7.98. The van der Waals surface area contributed by atoms with Crippen LogP contribution in [0.3, 0.4) is 0 Å². The molecule has 4 heterocycles. The number of aliphatic carboxylic acids is 1. The molecule has 4 rings (SSSR count). The first-order valence-corrected chi connectivity index (χ1v) is 7.93. The zero-order valence-corrected chi connectivity index (χ0v) is 12.0. The Morgan fingerprint density at radius 3 is 3.14 bits per heavy atom. The van der Waals surface area contributed by atoms with Crippen molar-refractivity contribution >= 4 is 29.7 Å². The highest BCUT2D eigenvalue weighted by Gasteiger charge is 2.48. The lowest BCUT2D eigenvalue weighted by molar-refractivity contribution is -0.142. The molecule has 1 saturated heterocycles. The number of hydrogen-bond acceptors (Lipinski definition) is 4. The van der Waals surface area contributed by atoms with Crippen LogP contribution in [0.1, 0.15) is 17.9 Å². The molecular weight excluding hydrogens is 290 g/mol. The molecule has 3 aliphatic heterocycles. The molecule has 1 atom stereocenters. The van der Waals surface area contributed by atoms with Gasteiger partial charge in [-0.15, -0.1) is 0 Å². The number of rotatable bonds is 2. The minimum atomic E-state index is -1.04. The van der Waals surface area contributed by atoms with Crippen molar-refractivity contribution in [3.63, 3.8) is 0 Å². The van der Waals surface area contributed by atoms with E-state index in [1.54, 1.807) is 12.2 Å². The first kappa shape index (κ1) is 12.7. The molecule has 21 heavy (non-hydrogen) atoms. The number of amides is 1. The Kier molecular flexibility index (Phi) is 2.72. The lowest BCUT2D eigenvalue weighted by Gasteiger charge is -2.38. The Balaban J connectivity index is 1.60. The van der Waals surface area contributed by atoms with Gasteiger partial charge in [-0.05, 0) is 12.5 Å². The van der Waals surface area contributed by atoms with Gasteiger partial charge in [0.15, 0.2) is 0 Å². The van der Waals surface area contributed by atoms with Crippen LogP contribution in [-0.4, -0.2) is 43.2 Å². The number of hydrogen-bond donors (Lipinski definition) is 1. The van der Waals surface area contributed by atoms with Gasteiger partial charge in [0.05, 0.1) is 17.5 Å². The number of aryl methyl sites for hydroxylation is 1. The molecule has 0 aromatic carbocycles. The highest BCUT2D eigenvalue weighted by Crippen LogP contribution is 2.39. The van der Waals surface area contributed by atoms with E-state index in [1.165, 1.54) is 4.90 Å². The number of carbonyl (C=O) groups excluding carboxylic acids is 1. The van der Waals surface area contributed by atoms with Gasteiger partial charge in [-0.2, -0.15) is 11.8 Å². The van der Waals surface area contributed by atoms with Crippen molar-refractivity contribution in [2.45, 2.75) is 24.8 Å². The van der Waals surface area contributed by atoms with Gasteiger partial charge in [0.2, 0.25) is 0 Å². The Morgan fingerprint density at radius 2 is 2.38 bits per heavy atom. The number of fused-ring (bicyclic) bond motifs is 2. The van der Waals surface area contributed by atoms with E-state index in [-0.39, 0.29) is 17.6 Å². The van der Waals surface area contributed by atoms with Crippen LogP contribution in [-0.2, 0) is 21.9 Å². The van der Waals surface area contributed by atoms with Crippen LogP contribution < -0.4 is 0 Å². The molecule has 0 spiro atoms. The molecule has 1 aromatic rings. The van der Waals surface area contributed by atoms with Crippen LogP contribution in [0.15, 0.2) is 23.5 Å². The fourth-order valence-corrected chi connectivity index (χ4v) is 3.90. The summed E-state index contributed by atoms with van der Waals surface area (Å²) in [5, 5.41) is 9.04. The highest BCUT2D eigenvalue weighted by atomic mass is 32.2. The zero-order valence-electron chi connectivity index (χ0n) is 11.2. The topological polar surface area (TPSA) is 75.4 Å². The fourth-order valence-electron chi connectivity index (χ4n) is 3.02. The quantitative estimate of drug-likeness (QED) is 0.654. The largest absolute Gasteiger partial charge is 0.477 e. The van der Waals surface area contributed by atoms with Gasteiger partial charge < -0.3 is 9.67 Å². The molecule has 1 amide bonds. The maximum absolute atomic E-state index is 12.1. The Bertz CT molecular complexity index is 696. The average Bonchev–Trinajstić information content (AvgIpc) is 3.05. The number of imidazole rings is 1. The van der Waals surface area contributed by atoms with Gasteiger partial charge >= 0.3 is 5.97 Å². The standard InChI is InChI=1S/C14H13N3O3S/c18-13-9(10-1-2-11(14(19)20)17(10)13)5-8-6-16-3-4-21-7-12(16)15-8/h2,5-6,10H,1,3-4,7H2,(H,19,20)/t10-/m1/s1. The van der Waals surface area contributed by atoms with Crippen LogP contribution in [0.2, 0.25) is 0 Å². The average molecular weight is 303 g/mol. The summed E-state index contributed by atoms with van der Waals surface area (Å²) in [6.07, 6.45) is 5.96. The maximum Gasteiger partial charge on any atom is 0.352 e. The minimum absolute atomic E-state index is 0.0997. The van der Waals surface area contributed by atoms with Crippen molar-refractivity contribution in [2.24, 2.45) is 0 Å². The van der Waals surface area contributed by atoms with Crippen LogP contribution in [0, 0.1) is 0 Å². The summed E-state index contributed by atoms with van der Waals surface area (Å²) >= 11 is 1.86. The Labute approximate surface area is 125 Å². The van der Waals surface area contributed by atoms with Gasteiger partial charge in [0, 0.05) is 24.1 Å². The second kappa shape index (κ2) is 4.49. The first-order chi connectivity index (χ1) is 10.1. The summed E-state index contributed by atoms with van der Waals surface area (Å²) in [6.45, 7) is 0.949. The monoisotopic (exact) mass is 303 g/mol. The molecular formula is C14H13N3O3S. The van der Waals surface area contributed by atoms with E-state index in [4.69, 9.17) is 5.11 Å². The van der Waals surface area contributed by atoms with Crippen LogP contribution in [0.5, 0.6) is 0 Å². The van der Waals surface area contributed by atoms with Crippen molar-refractivity contribution in [3.05, 3.63) is 35.1 Å². The molecule has 108 valence electrons. The predicted molar refractivity (Wildman–Crippen MR) is 77.3 cm³/mol. The molecule has 0 saturated carbocycles. The van der Waals surface area contributed by atoms with E-state index in [1.807, 2.05) is 18.0 Å². The summed E-state index contributed by atoms with van der Waals surface area (Å²) < 4.78 is 2.12. The minimum Gasteiger partial charge on any atom is -0.477 e. The number of aromatic nitrogens is 2. The van der Waals surface area contributed by atoms with Gasteiger partial charge in [0.1, 0.15) is 11.5 Å². The number of carboxylic acids is 1. The Morgan fingerprint density at radius 1 is 1.52 bits per heavy atom. The predicted octanol–water partition coefficient (Wildman–Crippen LogP) is 1.10. The summed E-state index contributed by atoms with van der Waals surface area (Å²) in [4.78, 5) is 29.1. The maximum atomic E-state index is 12.1. The fraction of sp³-hybridized carbons (Fsp3) is 0.357. The molecule has 1 aromatic heterocycles. The van der Waals surface area contributed by atoms with E-state index >= 15 is 0 Å². The smallest absolute Gasteiger partial charge is 0.352 e. The Hall–Kier alpha value is -2.02. The first-order valence-electron chi connectivity index (χ1n) is 6.77. The molecule has 0 unspecified atom stereocenters. The summed E-state index contributed by atoms with van der Waals surface area (Å²) in [5.41, 5.74) is 1.55. The van der Waals surface area contributed by atoms with Gasteiger partial charge in [-0.25, -0.2) is 9.78 Å². The number of β-lactam (4-membered cyclic amide) rings is 1. The summed E-state index contributed by atoms with van der Waals surface area (Å²) in [7, 11) is 0. The van der Waals surface area contributed by atoms with E-state index < -0.39 is 5.97 Å². The lowest BCUT2D eigenvalue weighted by Crippen LogP contribution is -2.52. The second-order valence-corrected chi connectivity index (χ2v) is 6.35. The normalized spacial score (nSPS) is 25.4. The van der Waals surface area contributed by atoms with Crippen molar-refractivity contribution in [1.29, 1.82) is 0 Å². The molecule has 1 N–H and O–H groups in total. The van der Waals surface area contributed by atoms with Crippen molar-refractivity contribution in [3.8, 4) is 0 Å². The lowest BCUT2D eigenvalue weighted by atomic mass is 9.94. The molecule has 3 aliphatic rings. The number of thioether (sulfide) groups is 1. The van der Waals surface area contributed by atoms with E-state index in [0.29, 0.717) is 12.0 Å². The molecule has 0 bridgehead atoms. The molecule has 7 heteroatoms. The van der Waals surface area contributed by atoms with E-state index in [2.05, 4.69) is 9.55 Å². The number of nitrogens with zero attached hydrogens (tertiary/aromatic N) is 3. The number of carbonyl (C=O) groups is 2. The van der Waals surface area contributed by atoms with Gasteiger partial charge in [0.25, 0.3) is 5.91 Å². The van der Waals surface area contributed by atoms with Crippen molar-refractivity contribution in [1.82, 2.24) is 14.5 Å². The van der Waals surface area contributed by atoms with Crippen LogP contribution >= 0.6 is 11.8 Å². The number of carboxylic acid groups (broad SMARTS) is 1. The van der Waals surface area contributed by atoms with Gasteiger partial charge in [-0.3, -0.25) is 9.69 Å². The zero-order chi connectivity index (χ0) is 14.6. The molecule has 6 nitrogen and oxygen atoms in total. The molecule has 0 radical (unpaired) electrons. The summed E-state index contributed by atoms with van der Waals surface area (Å²) in [5.74, 6) is 1.77. The molecule has 1 fully saturated rings.